The lowest BCUT2D eigenvalue weighted by atomic mass is 10.1. The highest BCUT2D eigenvalue weighted by atomic mass is 16.5. The number of benzene rings is 3. The molecule has 0 aliphatic rings. The molecule has 0 aliphatic heterocycles. The minimum atomic E-state index is -0.0876. The Hall–Kier alpha value is -3.27. The van der Waals surface area contributed by atoms with Crippen molar-refractivity contribution in [3.05, 3.63) is 95.1 Å². The molecular weight excluding hydrogens is 374 g/mol. The quantitative estimate of drug-likeness (QED) is 0.525. The molecule has 0 aliphatic carbocycles. The van der Waals surface area contributed by atoms with Crippen LogP contribution >= 0.6 is 0 Å². The van der Waals surface area contributed by atoms with Gasteiger partial charge in [-0.05, 0) is 62.1 Å². The van der Waals surface area contributed by atoms with E-state index in [-0.39, 0.29) is 11.9 Å². The lowest BCUT2D eigenvalue weighted by Gasteiger charge is -2.16. The summed E-state index contributed by atoms with van der Waals surface area (Å²) >= 11 is 0. The summed E-state index contributed by atoms with van der Waals surface area (Å²) in [6, 6.07) is 23.7. The number of hydrogen-bond acceptors (Lipinski definition) is 3. The van der Waals surface area contributed by atoms with Crippen molar-refractivity contribution in [2.45, 2.75) is 39.3 Å². The van der Waals surface area contributed by atoms with E-state index in [0.717, 1.165) is 29.7 Å². The summed E-state index contributed by atoms with van der Waals surface area (Å²) in [6.45, 7) is 4.37. The van der Waals surface area contributed by atoms with Gasteiger partial charge in [-0.2, -0.15) is 0 Å². The Morgan fingerprint density at radius 3 is 2.43 bits per heavy atom. The second kappa shape index (κ2) is 10.5. The van der Waals surface area contributed by atoms with Crippen molar-refractivity contribution in [1.82, 2.24) is 5.32 Å². The molecule has 3 rings (SSSR count). The zero-order valence-corrected chi connectivity index (χ0v) is 17.9. The fourth-order valence-electron chi connectivity index (χ4n) is 3.31. The van der Waals surface area contributed by atoms with Gasteiger partial charge in [0.25, 0.3) is 5.91 Å². The van der Waals surface area contributed by atoms with Gasteiger partial charge in [-0.3, -0.25) is 4.79 Å². The van der Waals surface area contributed by atoms with Gasteiger partial charge in [0.1, 0.15) is 18.1 Å². The number of methoxy groups -OCH3 is 1. The Morgan fingerprint density at radius 2 is 1.70 bits per heavy atom. The molecule has 4 heteroatoms. The predicted octanol–water partition coefficient (Wildman–Crippen LogP) is 5.33. The van der Waals surface area contributed by atoms with Crippen molar-refractivity contribution in [2.24, 2.45) is 0 Å². The standard InChI is InChI=1S/C26H29NO3/c1-19-9-7-8-12-24(19)30-18-23-17-22(15-16-25(23)29-3)26(28)27-20(2)13-14-21-10-5-4-6-11-21/h4-12,15-17,20H,13-14,18H2,1-3H3,(H,27,28)/t20-/m1/s1. The first-order valence-corrected chi connectivity index (χ1v) is 10.3. The van der Waals surface area contributed by atoms with Crippen LogP contribution in [0.4, 0.5) is 0 Å². The molecule has 3 aromatic rings. The number of nitrogens with one attached hydrogen (secondary N) is 1. The fraction of sp³-hybridized carbons (Fsp3) is 0.269. The summed E-state index contributed by atoms with van der Waals surface area (Å²) < 4.78 is 11.4. The SMILES string of the molecule is COc1ccc(C(=O)N[C@H](C)CCc2ccccc2)cc1COc1ccccc1C. The lowest BCUT2D eigenvalue weighted by molar-refractivity contribution is 0.0938. The van der Waals surface area contributed by atoms with E-state index in [4.69, 9.17) is 9.47 Å². The zero-order valence-electron chi connectivity index (χ0n) is 17.9. The van der Waals surface area contributed by atoms with Gasteiger partial charge in [0.15, 0.2) is 0 Å². The summed E-state index contributed by atoms with van der Waals surface area (Å²) in [7, 11) is 1.62. The van der Waals surface area contributed by atoms with Gasteiger partial charge >= 0.3 is 0 Å². The molecule has 0 fully saturated rings. The molecule has 0 heterocycles. The largest absolute Gasteiger partial charge is 0.496 e. The number of hydrogen-bond donors (Lipinski definition) is 1. The van der Waals surface area contributed by atoms with E-state index < -0.39 is 0 Å². The van der Waals surface area contributed by atoms with Crippen molar-refractivity contribution in [2.75, 3.05) is 7.11 Å². The van der Waals surface area contributed by atoms with Gasteiger partial charge in [-0.1, -0.05) is 48.5 Å². The third kappa shape index (κ3) is 5.86. The highest BCUT2D eigenvalue weighted by Gasteiger charge is 2.13. The Kier molecular flexibility index (Phi) is 7.50. The smallest absolute Gasteiger partial charge is 0.251 e. The molecule has 4 nitrogen and oxygen atoms in total. The maximum absolute atomic E-state index is 12.8. The van der Waals surface area contributed by atoms with Crippen molar-refractivity contribution < 1.29 is 14.3 Å². The topological polar surface area (TPSA) is 47.6 Å². The molecule has 30 heavy (non-hydrogen) atoms. The van der Waals surface area contributed by atoms with Crippen molar-refractivity contribution in [3.63, 3.8) is 0 Å². The van der Waals surface area contributed by atoms with E-state index >= 15 is 0 Å². The number of para-hydroxylation sites is 1. The minimum absolute atomic E-state index is 0.0754. The van der Waals surface area contributed by atoms with Crippen LogP contribution in [-0.2, 0) is 13.0 Å². The maximum atomic E-state index is 12.8. The summed E-state index contributed by atoms with van der Waals surface area (Å²) in [4.78, 5) is 12.8. The third-order valence-corrected chi connectivity index (χ3v) is 5.11. The van der Waals surface area contributed by atoms with Crippen LogP contribution in [0.1, 0.15) is 40.4 Å². The Morgan fingerprint density at radius 1 is 0.967 bits per heavy atom. The molecule has 3 aromatic carbocycles. The Bertz CT molecular complexity index is 969. The number of carbonyl (C=O) groups excluding carboxylic acids is 1. The van der Waals surface area contributed by atoms with Gasteiger partial charge in [0.05, 0.1) is 7.11 Å². The van der Waals surface area contributed by atoms with Gasteiger partial charge < -0.3 is 14.8 Å². The monoisotopic (exact) mass is 403 g/mol. The molecule has 1 N–H and O–H groups in total. The first-order chi connectivity index (χ1) is 14.6. The number of ether oxygens (including phenoxy) is 2. The molecule has 0 bridgehead atoms. The molecule has 0 unspecified atom stereocenters. The van der Waals surface area contributed by atoms with Gasteiger partial charge in [0, 0.05) is 17.2 Å². The van der Waals surface area contributed by atoms with Crippen LogP contribution in [0, 0.1) is 6.92 Å². The second-order valence-corrected chi connectivity index (χ2v) is 7.48. The predicted molar refractivity (Wildman–Crippen MR) is 120 cm³/mol. The van der Waals surface area contributed by atoms with Crippen molar-refractivity contribution in [3.8, 4) is 11.5 Å². The number of amides is 1. The van der Waals surface area contributed by atoms with E-state index in [1.54, 1.807) is 13.2 Å². The third-order valence-electron chi connectivity index (χ3n) is 5.11. The van der Waals surface area contributed by atoms with Crippen LogP contribution in [0.15, 0.2) is 72.8 Å². The van der Waals surface area contributed by atoms with E-state index in [0.29, 0.717) is 17.9 Å². The van der Waals surface area contributed by atoms with Gasteiger partial charge in [-0.15, -0.1) is 0 Å². The summed E-state index contributed by atoms with van der Waals surface area (Å²) in [5.41, 5.74) is 3.78. The number of aryl methyl sites for hydroxylation is 2. The molecule has 156 valence electrons. The first-order valence-electron chi connectivity index (χ1n) is 10.3. The molecule has 0 aromatic heterocycles. The second-order valence-electron chi connectivity index (χ2n) is 7.48. The Balaban J connectivity index is 1.62. The summed E-state index contributed by atoms with van der Waals surface area (Å²) in [5, 5.41) is 3.09. The highest BCUT2D eigenvalue weighted by molar-refractivity contribution is 5.94. The highest BCUT2D eigenvalue weighted by Crippen LogP contribution is 2.24. The maximum Gasteiger partial charge on any atom is 0.251 e. The molecule has 0 radical (unpaired) electrons. The molecule has 1 amide bonds. The lowest BCUT2D eigenvalue weighted by Crippen LogP contribution is -2.33. The van der Waals surface area contributed by atoms with E-state index in [2.05, 4.69) is 17.4 Å². The van der Waals surface area contributed by atoms with Gasteiger partial charge in [-0.25, -0.2) is 0 Å². The van der Waals surface area contributed by atoms with Crippen LogP contribution in [0.25, 0.3) is 0 Å². The molecule has 1 atom stereocenters. The van der Waals surface area contributed by atoms with Gasteiger partial charge in [0.2, 0.25) is 0 Å². The van der Waals surface area contributed by atoms with E-state index in [1.807, 2.05) is 68.4 Å². The average Bonchev–Trinajstić information content (AvgIpc) is 2.77. The first kappa shape index (κ1) is 21.4. The molecule has 0 saturated heterocycles. The normalized spacial score (nSPS) is 11.6. The summed E-state index contributed by atoms with van der Waals surface area (Å²) in [6.07, 6.45) is 1.82. The van der Waals surface area contributed by atoms with Crippen molar-refractivity contribution >= 4 is 5.91 Å². The van der Waals surface area contributed by atoms with Crippen LogP contribution in [0.3, 0.4) is 0 Å². The zero-order chi connectivity index (χ0) is 21.3. The molecule has 0 saturated carbocycles. The summed E-state index contributed by atoms with van der Waals surface area (Å²) in [5.74, 6) is 1.44. The van der Waals surface area contributed by atoms with Crippen LogP contribution < -0.4 is 14.8 Å². The number of rotatable bonds is 9. The van der Waals surface area contributed by atoms with Crippen molar-refractivity contribution in [1.29, 1.82) is 0 Å². The minimum Gasteiger partial charge on any atom is -0.496 e. The van der Waals surface area contributed by atoms with E-state index in [1.165, 1.54) is 5.56 Å². The van der Waals surface area contributed by atoms with Crippen LogP contribution in [0.5, 0.6) is 11.5 Å². The average molecular weight is 404 g/mol. The number of carbonyl (C=O) groups is 1. The van der Waals surface area contributed by atoms with Crippen LogP contribution in [0.2, 0.25) is 0 Å². The van der Waals surface area contributed by atoms with Crippen LogP contribution in [-0.4, -0.2) is 19.1 Å². The fourth-order valence-corrected chi connectivity index (χ4v) is 3.31. The Labute approximate surface area is 178 Å². The molecular formula is C26H29NO3. The molecule has 0 spiro atoms. The van der Waals surface area contributed by atoms with E-state index in [9.17, 15) is 4.79 Å².